The van der Waals surface area contributed by atoms with E-state index in [1.807, 2.05) is 12.4 Å². The van der Waals surface area contributed by atoms with E-state index in [9.17, 15) is 0 Å². The lowest BCUT2D eigenvalue weighted by molar-refractivity contribution is 0.352. The third kappa shape index (κ3) is 2.47. The van der Waals surface area contributed by atoms with Crippen molar-refractivity contribution < 1.29 is 4.74 Å². The van der Waals surface area contributed by atoms with Crippen LogP contribution in [0.5, 0.6) is 5.75 Å². The third-order valence-electron chi connectivity index (χ3n) is 3.22. The van der Waals surface area contributed by atoms with Gasteiger partial charge in [0.05, 0.1) is 13.2 Å². The van der Waals surface area contributed by atoms with Gasteiger partial charge in [-0.1, -0.05) is 15.9 Å². The highest BCUT2D eigenvalue weighted by molar-refractivity contribution is 9.10. The average molecular weight is 322 g/mol. The molecule has 0 spiro atoms. The molecule has 2 aromatic rings. The number of nitrogens with zero attached hydrogens (tertiary/aromatic N) is 2. The number of halogens is 1. The maximum Gasteiger partial charge on any atom is 0.203 e. The Bertz CT molecular complexity index is 594. The van der Waals surface area contributed by atoms with E-state index >= 15 is 0 Å². The molecule has 1 aromatic heterocycles. The van der Waals surface area contributed by atoms with Gasteiger partial charge in [-0.25, -0.2) is 4.98 Å². The molecule has 0 fully saturated rings. The number of benzene rings is 1. The van der Waals surface area contributed by atoms with Gasteiger partial charge in [0.1, 0.15) is 5.75 Å². The number of fused-ring (bicyclic) bond motifs is 1. The van der Waals surface area contributed by atoms with Crippen molar-refractivity contribution in [2.24, 2.45) is 0 Å². The molecule has 0 amide bonds. The van der Waals surface area contributed by atoms with Gasteiger partial charge in [0, 0.05) is 35.4 Å². The Kier molecular flexibility index (Phi) is 3.46. The van der Waals surface area contributed by atoms with Crippen LogP contribution in [0.2, 0.25) is 0 Å². The molecule has 0 saturated carbocycles. The minimum atomic E-state index is 0.768. The first-order valence-corrected chi connectivity index (χ1v) is 7.26. The van der Waals surface area contributed by atoms with Gasteiger partial charge < -0.3 is 14.6 Å². The summed E-state index contributed by atoms with van der Waals surface area (Å²) >= 11 is 3.57. The topological polar surface area (TPSA) is 39.1 Å². The van der Waals surface area contributed by atoms with Crippen LogP contribution in [-0.4, -0.2) is 22.7 Å². The maximum absolute atomic E-state index is 5.76. The van der Waals surface area contributed by atoms with Crippen molar-refractivity contribution in [2.75, 3.05) is 18.5 Å². The predicted molar refractivity (Wildman–Crippen MR) is 78.8 cm³/mol. The molecule has 0 unspecified atom stereocenters. The molecule has 100 valence electrons. The molecule has 3 rings (SSSR count). The molecule has 0 radical (unpaired) electrons. The number of anilines is 1. The Morgan fingerprint density at radius 2 is 2.37 bits per heavy atom. The number of hydrogen-bond donors (Lipinski definition) is 1. The van der Waals surface area contributed by atoms with Crippen LogP contribution in [0.25, 0.3) is 0 Å². The van der Waals surface area contributed by atoms with Crippen molar-refractivity contribution in [3.8, 4) is 5.75 Å². The number of nitrogens with one attached hydrogen (secondary N) is 1. The second-order valence-electron chi connectivity index (χ2n) is 4.56. The summed E-state index contributed by atoms with van der Waals surface area (Å²) in [5.41, 5.74) is 2.48. The zero-order valence-electron chi connectivity index (χ0n) is 10.8. The predicted octanol–water partition coefficient (Wildman–Crippen LogP) is 3.06. The Balaban J connectivity index is 1.93. The zero-order valence-corrected chi connectivity index (χ0v) is 12.4. The molecule has 1 aliphatic rings. The Morgan fingerprint density at radius 3 is 3.21 bits per heavy atom. The molecule has 0 bridgehead atoms. The summed E-state index contributed by atoms with van der Waals surface area (Å²) in [6, 6.07) is 4.27. The van der Waals surface area contributed by atoms with E-state index in [-0.39, 0.29) is 0 Å². The van der Waals surface area contributed by atoms with Crippen LogP contribution >= 0.6 is 15.9 Å². The number of ether oxygens (including phenoxy) is 1. The van der Waals surface area contributed by atoms with Crippen molar-refractivity contribution >= 4 is 21.9 Å². The number of rotatable bonds is 4. The minimum Gasteiger partial charge on any atom is -0.493 e. The van der Waals surface area contributed by atoms with Crippen LogP contribution < -0.4 is 10.1 Å². The summed E-state index contributed by atoms with van der Waals surface area (Å²) in [7, 11) is 0. The highest BCUT2D eigenvalue weighted by Crippen LogP contribution is 2.33. The lowest BCUT2D eigenvalue weighted by Gasteiger charge is -2.12. The minimum absolute atomic E-state index is 0.768. The second-order valence-corrected chi connectivity index (χ2v) is 5.48. The second kappa shape index (κ2) is 5.25. The van der Waals surface area contributed by atoms with Crippen LogP contribution in [-0.2, 0) is 13.0 Å². The van der Waals surface area contributed by atoms with Gasteiger partial charge in [-0.2, -0.15) is 0 Å². The summed E-state index contributed by atoms with van der Waals surface area (Å²) < 4.78 is 8.97. The van der Waals surface area contributed by atoms with Gasteiger partial charge in [-0.05, 0) is 24.6 Å². The molecule has 4 nitrogen and oxygen atoms in total. The molecule has 0 aliphatic carbocycles. The highest BCUT2D eigenvalue weighted by atomic mass is 79.9. The van der Waals surface area contributed by atoms with E-state index in [4.69, 9.17) is 4.74 Å². The average Bonchev–Trinajstić information content (AvgIpc) is 2.99. The fourth-order valence-corrected chi connectivity index (χ4v) is 2.96. The third-order valence-corrected chi connectivity index (χ3v) is 3.67. The fraction of sp³-hybridized carbons (Fsp3) is 0.357. The van der Waals surface area contributed by atoms with Gasteiger partial charge in [-0.3, -0.25) is 0 Å². The molecule has 19 heavy (non-hydrogen) atoms. The van der Waals surface area contributed by atoms with Crippen LogP contribution in [0.1, 0.15) is 18.1 Å². The fourth-order valence-electron chi connectivity index (χ4n) is 2.41. The van der Waals surface area contributed by atoms with Gasteiger partial charge in [0.25, 0.3) is 0 Å². The van der Waals surface area contributed by atoms with Gasteiger partial charge in [-0.15, -0.1) is 0 Å². The quantitative estimate of drug-likeness (QED) is 0.940. The standard InChI is InChI=1S/C14H16BrN3O/c1-2-16-14-17-4-5-18(14)9-11-8-12(15)7-10-3-6-19-13(10)11/h4-5,7-8H,2-3,6,9H2,1H3,(H,16,17). The lowest BCUT2D eigenvalue weighted by atomic mass is 10.1. The van der Waals surface area contributed by atoms with E-state index < -0.39 is 0 Å². The number of imidazole rings is 1. The normalized spacial score (nSPS) is 13.2. The molecule has 1 aliphatic heterocycles. The molecule has 0 atom stereocenters. The van der Waals surface area contributed by atoms with Gasteiger partial charge in [0.2, 0.25) is 5.95 Å². The van der Waals surface area contributed by atoms with Crippen LogP contribution in [0.4, 0.5) is 5.95 Å². The van der Waals surface area contributed by atoms with Crippen molar-refractivity contribution in [3.05, 3.63) is 40.1 Å². The molecule has 0 saturated heterocycles. The summed E-state index contributed by atoms with van der Waals surface area (Å²) in [6.45, 7) is 4.48. The highest BCUT2D eigenvalue weighted by Gasteiger charge is 2.18. The molecule has 1 aromatic carbocycles. The maximum atomic E-state index is 5.76. The first-order chi connectivity index (χ1) is 9.28. The molecule has 5 heteroatoms. The Morgan fingerprint density at radius 1 is 1.47 bits per heavy atom. The van der Waals surface area contributed by atoms with Crippen LogP contribution in [0, 0.1) is 0 Å². The molecular formula is C14H16BrN3O. The van der Waals surface area contributed by atoms with E-state index in [1.165, 1.54) is 11.1 Å². The van der Waals surface area contributed by atoms with E-state index in [0.29, 0.717) is 0 Å². The van der Waals surface area contributed by atoms with E-state index in [2.05, 4.69) is 49.9 Å². The zero-order chi connectivity index (χ0) is 13.2. The Hall–Kier alpha value is -1.49. The van der Waals surface area contributed by atoms with Crippen molar-refractivity contribution in [2.45, 2.75) is 19.9 Å². The summed E-state index contributed by atoms with van der Waals surface area (Å²) in [4.78, 5) is 4.32. The summed E-state index contributed by atoms with van der Waals surface area (Å²) in [6.07, 6.45) is 4.79. The largest absolute Gasteiger partial charge is 0.493 e. The number of hydrogen-bond acceptors (Lipinski definition) is 3. The first kappa shape index (κ1) is 12.5. The lowest BCUT2D eigenvalue weighted by Crippen LogP contribution is -2.08. The van der Waals surface area contributed by atoms with Gasteiger partial charge in [0.15, 0.2) is 0 Å². The molecular weight excluding hydrogens is 306 g/mol. The van der Waals surface area contributed by atoms with E-state index in [1.54, 1.807) is 0 Å². The van der Waals surface area contributed by atoms with Crippen LogP contribution in [0.3, 0.4) is 0 Å². The van der Waals surface area contributed by atoms with E-state index in [0.717, 1.165) is 42.3 Å². The smallest absolute Gasteiger partial charge is 0.203 e. The molecule has 2 heterocycles. The van der Waals surface area contributed by atoms with Gasteiger partial charge >= 0.3 is 0 Å². The first-order valence-electron chi connectivity index (χ1n) is 6.47. The van der Waals surface area contributed by atoms with Crippen molar-refractivity contribution in [1.82, 2.24) is 9.55 Å². The van der Waals surface area contributed by atoms with Crippen molar-refractivity contribution in [3.63, 3.8) is 0 Å². The summed E-state index contributed by atoms with van der Waals surface area (Å²) in [5, 5.41) is 3.26. The number of aromatic nitrogens is 2. The van der Waals surface area contributed by atoms with Crippen LogP contribution in [0.15, 0.2) is 29.0 Å². The Labute approximate surface area is 120 Å². The van der Waals surface area contributed by atoms with Crippen molar-refractivity contribution in [1.29, 1.82) is 0 Å². The monoisotopic (exact) mass is 321 g/mol. The molecule has 1 N–H and O–H groups in total. The summed E-state index contributed by atoms with van der Waals surface area (Å²) in [5.74, 6) is 1.94. The SMILES string of the molecule is CCNc1nccn1Cc1cc(Br)cc2c1OCC2.